The number of carbonyl (C=O) groups is 1. The summed E-state index contributed by atoms with van der Waals surface area (Å²) < 4.78 is 0. The van der Waals surface area contributed by atoms with E-state index in [0.717, 1.165) is 31.7 Å². The number of nitrogens with zero attached hydrogens (tertiary/aromatic N) is 2. The van der Waals surface area contributed by atoms with Crippen LogP contribution < -0.4 is 5.32 Å². The molecule has 1 aliphatic heterocycles. The third-order valence-corrected chi connectivity index (χ3v) is 3.32. The molecular weight excluding hydrogens is 214 g/mol. The van der Waals surface area contributed by atoms with Crippen LogP contribution in [0.2, 0.25) is 0 Å². The summed E-state index contributed by atoms with van der Waals surface area (Å²) in [6.07, 6.45) is 3.51. The smallest absolute Gasteiger partial charge is 0.232 e. The van der Waals surface area contributed by atoms with Crippen molar-refractivity contribution in [3.05, 3.63) is 30.1 Å². The summed E-state index contributed by atoms with van der Waals surface area (Å²) in [6, 6.07) is 3.84. The van der Waals surface area contributed by atoms with Crippen molar-refractivity contribution in [3.63, 3.8) is 0 Å². The van der Waals surface area contributed by atoms with Crippen LogP contribution >= 0.6 is 0 Å². The Kier molecular flexibility index (Phi) is 3.43. The highest BCUT2D eigenvalue weighted by molar-refractivity contribution is 5.87. The molecule has 1 N–H and O–H groups in total. The van der Waals surface area contributed by atoms with Gasteiger partial charge in [-0.05, 0) is 25.5 Å². The van der Waals surface area contributed by atoms with Gasteiger partial charge in [-0.15, -0.1) is 0 Å². The average molecular weight is 233 g/mol. The molecule has 1 amide bonds. The zero-order chi connectivity index (χ0) is 12.3. The minimum atomic E-state index is -0.494. The monoisotopic (exact) mass is 233 g/mol. The molecule has 0 bridgehead atoms. The van der Waals surface area contributed by atoms with Gasteiger partial charge in [-0.25, -0.2) is 0 Å². The van der Waals surface area contributed by atoms with Crippen LogP contribution in [0.3, 0.4) is 0 Å². The number of amides is 1. The minimum Gasteiger partial charge on any atom is -0.339 e. The molecule has 1 aromatic rings. The van der Waals surface area contributed by atoms with Crippen molar-refractivity contribution in [2.45, 2.75) is 19.3 Å². The number of rotatable bonds is 2. The molecule has 0 spiro atoms. The topological polar surface area (TPSA) is 45.2 Å². The number of nitrogens with one attached hydrogen (secondary N) is 1. The molecule has 0 unspecified atom stereocenters. The first-order valence-electron chi connectivity index (χ1n) is 6.03. The highest BCUT2D eigenvalue weighted by atomic mass is 16.2. The number of carbonyl (C=O) groups excluding carboxylic acids is 1. The van der Waals surface area contributed by atoms with Gasteiger partial charge in [-0.3, -0.25) is 9.78 Å². The standard InChI is InChI=1S/C13H19N3O/c1-13(2,11-4-3-5-15-10-11)12(17)16-8-6-14-7-9-16/h3-5,10,14H,6-9H2,1-2H3. The molecule has 4 nitrogen and oxygen atoms in total. The second-order valence-electron chi connectivity index (χ2n) is 4.91. The van der Waals surface area contributed by atoms with Crippen LogP contribution in [0, 0.1) is 0 Å². The zero-order valence-electron chi connectivity index (χ0n) is 10.4. The van der Waals surface area contributed by atoms with Gasteiger partial charge in [-0.2, -0.15) is 0 Å². The highest BCUT2D eigenvalue weighted by Gasteiger charge is 2.34. The minimum absolute atomic E-state index is 0.187. The molecule has 0 aromatic carbocycles. The normalized spacial score (nSPS) is 16.9. The van der Waals surface area contributed by atoms with Gasteiger partial charge in [0.15, 0.2) is 0 Å². The summed E-state index contributed by atoms with van der Waals surface area (Å²) in [5, 5.41) is 3.25. The Morgan fingerprint density at radius 2 is 2.12 bits per heavy atom. The van der Waals surface area contributed by atoms with Crippen LogP contribution in [0.1, 0.15) is 19.4 Å². The van der Waals surface area contributed by atoms with Crippen LogP contribution in [0.5, 0.6) is 0 Å². The fourth-order valence-corrected chi connectivity index (χ4v) is 2.12. The van der Waals surface area contributed by atoms with Crippen molar-refractivity contribution in [2.24, 2.45) is 0 Å². The van der Waals surface area contributed by atoms with E-state index in [9.17, 15) is 4.79 Å². The number of aromatic nitrogens is 1. The van der Waals surface area contributed by atoms with Crippen LogP contribution in [0.25, 0.3) is 0 Å². The van der Waals surface area contributed by atoms with E-state index in [1.807, 2.05) is 30.9 Å². The summed E-state index contributed by atoms with van der Waals surface area (Å²) >= 11 is 0. The molecule has 1 fully saturated rings. The van der Waals surface area contributed by atoms with E-state index < -0.39 is 5.41 Å². The van der Waals surface area contributed by atoms with Gasteiger partial charge in [0.05, 0.1) is 5.41 Å². The number of hydrogen-bond acceptors (Lipinski definition) is 3. The molecule has 92 valence electrons. The largest absolute Gasteiger partial charge is 0.339 e. The van der Waals surface area contributed by atoms with E-state index in [1.165, 1.54) is 0 Å². The lowest BCUT2D eigenvalue weighted by Gasteiger charge is -2.34. The second kappa shape index (κ2) is 4.84. The molecule has 1 aromatic heterocycles. The molecular formula is C13H19N3O. The van der Waals surface area contributed by atoms with E-state index in [-0.39, 0.29) is 5.91 Å². The van der Waals surface area contributed by atoms with Crippen molar-refractivity contribution in [1.29, 1.82) is 0 Å². The van der Waals surface area contributed by atoms with E-state index >= 15 is 0 Å². The Morgan fingerprint density at radius 3 is 2.71 bits per heavy atom. The average Bonchev–Trinajstić information content (AvgIpc) is 2.40. The Hall–Kier alpha value is -1.42. The third-order valence-electron chi connectivity index (χ3n) is 3.32. The van der Waals surface area contributed by atoms with Crippen molar-refractivity contribution in [3.8, 4) is 0 Å². The first-order chi connectivity index (χ1) is 8.12. The summed E-state index contributed by atoms with van der Waals surface area (Å²) in [5.74, 6) is 0.187. The lowest BCUT2D eigenvalue weighted by atomic mass is 9.84. The van der Waals surface area contributed by atoms with E-state index in [2.05, 4.69) is 10.3 Å². The maximum atomic E-state index is 12.5. The maximum Gasteiger partial charge on any atom is 0.232 e. The van der Waals surface area contributed by atoms with Crippen LogP contribution in [0.15, 0.2) is 24.5 Å². The first-order valence-corrected chi connectivity index (χ1v) is 6.03. The molecule has 0 saturated carbocycles. The molecule has 2 heterocycles. The Morgan fingerprint density at radius 1 is 1.41 bits per heavy atom. The zero-order valence-corrected chi connectivity index (χ0v) is 10.4. The predicted molar refractivity (Wildman–Crippen MR) is 66.7 cm³/mol. The van der Waals surface area contributed by atoms with Crippen LogP contribution in [-0.4, -0.2) is 42.0 Å². The molecule has 1 saturated heterocycles. The van der Waals surface area contributed by atoms with E-state index in [4.69, 9.17) is 0 Å². The van der Waals surface area contributed by atoms with Crippen molar-refractivity contribution < 1.29 is 4.79 Å². The number of piperazine rings is 1. The van der Waals surface area contributed by atoms with Gasteiger partial charge in [0.1, 0.15) is 0 Å². The summed E-state index contributed by atoms with van der Waals surface area (Å²) in [5.41, 5.74) is 0.481. The van der Waals surface area contributed by atoms with Crippen molar-refractivity contribution in [2.75, 3.05) is 26.2 Å². The molecule has 0 radical (unpaired) electrons. The summed E-state index contributed by atoms with van der Waals surface area (Å²) in [4.78, 5) is 18.5. The van der Waals surface area contributed by atoms with Gasteiger partial charge in [0.25, 0.3) is 0 Å². The number of pyridine rings is 1. The van der Waals surface area contributed by atoms with Gasteiger partial charge in [0.2, 0.25) is 5.91 Å². The molecule has 17 heavy (non-hydrogen) atoms. The quantitative estimate of drug-likeness (QED) is 0.821. The second-order valence-corrected chi connectivity index (χ2v) is 4.91. The fraction of sp³-hybridized carbons (Fsp3) is 0.538. The van der Waals surface area contributed by atoms with Gasteiger partial charge in [0, 0.05) is 38.6 Å². The fourth-order valence-electron chi connectivity index (χ4n) is 2.12. The maximum absolute atomic E-state index is 12.5. The molecule has 4 heteroatoms. The van der Waals surface area contributed by atoms with Crippen molar-refractivity contribution in [1.82, 2.24) is 15.2 Å². The Balaban J connectivity index is 2.17. The van der Waals surface area contributed by atoms with E-state index in [1.54, 1.807) is 12.4 Å². The Bertz CT molecular complexity index is 383. The molecule has 2 rings (SSSR count). The van der Waals surface area contributed by atoms with Crippen LogP contribution in [0.4, 0.5) is 0 Å². The third kappa shape index (κ3) is 2.47. The van der Waals surface area contributed by atoms with E-state index in [0.29, 0.717) is 0 Å². The lowest BCUT2D eigenvalue weighted by molar-refractivity contribution is -0.136. The van der Waals surface area contributed by atoms with Gasteiger partial charge in [-0.1, -0.05) is 6.07 Å². The highest BCUT2D eigenvalue weighted by Crippen LogP contribution is 2.25. The van der Waals surface area contributed by atoms with Crippen LogP contribution in [-0.2, 0) is 10.2 Å². The first kappa shape index (κ1) is 12.0. The number of hydrogen-bond donors (Lipinski definition) is 1. The van der Waals surface area contributed by atoms with Gasteiger partial charge >= 0.3 is 0 Å². The van der Waals surface area contributed by atoms with Crippen molar-refractivity contribution >= 4 is 5.91 Å². The molecule has 0 aliphatic carbocycles. The molecule has 1 aliphatic rings. The predicted octanol–water partition coefficient (Wildman–Crippen LogP) is 0.791. The van der Waals surface area contributed by atoms with Gasteiger partial charge < -0.3 is 10.2 Å². The Labute approximate surface area is 102 Å². The molecule has 0 atom stereocenters. The lowest BCUT2D eigenvalue weighted by Crippen LogP contribution is -2.51. The summed E-state index contributed by atoms with van der Waals surface area (Å²) in [7, 11) is 0. The summed E-state index contributed by atoms with van der Waals surface area (Å²) in [6.45, 7) is 7.29. The SMILES string of the molecule is CC(C)(C(=O)N1CCNCC1)c1cccnc1.